The van der Waals surface area contributed by atoms with Crippen LogP contribution in [-0.2, 0) is 9.53 Å². The van der Waals surface area contributed by atoms with Gasteiger partial charge in [-0.15, -0.1) is 0 Å². The average Bonchev–Trinajstić information content (AvgIpc) is 2.19. The van der Waals surface area contributed by atoms with Crippen molar-refractivity contribution in [3.8, 4) is 0 Å². The van der Waals surface area contributed by atoms with E-state index in [1.165, 1.54) is 0 Å². The van der Waals surface area contributed by atoms with Crippen LogP contribution in [0.4, 0.5) is 0 Å². The Morgan fingerprint density at radius 1 is 1.40 bits per heavy atom. The van der Waals surface area contributed by atoms with Crippen LogP contribution in [0.15, 0.2) is 48.7 Å². The van der Waals surface area contributed by atoms with Gasteiger partial charge >= 0.3 is 5.97 Å². The van der Waals surface area contributed by atoms with Crippen molar-refractivity contribution in [3.63, 3.8) is 0 Å². The van der Waals surface area contributed by atoms with Crippen molar-refractivity contribution in [3.05, 3.63) is 54.3 Å². The lowest BCUT2D eigenvalue weighted by Crippen LogP contribution is -1.99. The van der Waals surface area contributed by atoms with Gasteiger partial charge < -0.3 is 4.74 Å². The molecule has 0 fully saturated rings. The van der Waals surface area contributed by atoms with Crippen molar-refractivity contribution >= 4 is 12.0 Å². The first kappa shape index (κ1) is 11.2. The molecule has 15 heavy (non-hydrogen) atoms. The summed E-state index contributed by atoms with van der Waals surface area (Å²) < 4.78 is 4.63. The van der Waals surface area contributed by atoms with Gasteiger partial charge in [0.2, 0.25) is 0 Å². The van der Waals surface area contributed by atoms with Crippen molar-refractivity contribution < 1.29 is 9.53 Å². The van der Waals surface area contributed by atoms with Gasteiger partial charge in [-0.1, -0.05) is 48.6 Å². The van der Waals surface area contributed by atoms with E-state index in [1.54, 1.807) is 0 Å². The smallest absolute Gasteiger partial charge is 0.314 e. The highest BCUT2D eigenvalue weighted by atomic mass is 16.5. The van der Waals surface area contributed by atoms with Crippen LogP contribution in [-0.4, -0.2) is 5.97 Å². The van der Waals surface area contributed by atoms with E-state index in [9.17, 15) is 4.79 Å². The predicted molar refractivity (Wildman–Crippen MR) is 61.0 cm³/mol. The third-order valence-electron chi connectivity index (χ3n) is 1.85. The quantitative estimate of drug-likeness (QED) is 0.553. The topological polar surface area (TPSA) is 26.3 Å². The molecule has 0 saturated carbocycles. The van der Waals surface area contributed by atoms with Crippen LogP contribution in [0.3, 0.4) is 0 Å². The molecule has 0 N–H and O–H groups in total. The number of hydrogen-bond donors (Lipinski definition) is 0. The molecule has 0 amide bonds. The predicted octanol–water partition coefficient (Wildman–Crippen LogP) is 3.17. The lowest BCUT2D eigenvalue weighted by molar-refractivity contribution is -0.137. The molecule has 0 spiro atoms. The van der Waals surface area contributed by atoms with E-state index in [0.717, 1.165) is 17.4 Å². The Morgan fingerprint density at radius 2 is 2.07 bits per heavy atom. The van der Waals surface area contributed by atoms with E-state index in [0.29, 0.717) is 6.42 Å². The lowest BCUT2D eigenvalue weighted by atomic mass is 10.1. The van der Waals surface area contributed by atoms with Gasteiger partial charge in [-0.05, 0) is 12.5 Å². The van der Waals surface area contributed by atoms with Crippen LogP contribution < -0.4 is 0 Å². The van der Waals surface area contributed by atoms with E-state index >= 15 is 0 Å². The Labute approximate surface area is 89.9 Å². The number of hydrogen-bond acceptors (Lipinski definition) is 2. The van der Waals surface area contributed by atoms with Gasteiger partial charge in [0.15, 0.2) is 0 Å². The summed E-state index contributed by atoms with van der Waals surface area (Å²) in [4.78, 5) is 11.1. The summed E-state index contributed by atoms with van der Waals surface area (Å²) in [6.07, 6.45) is 3.41. The van der Waals surface area contributed by atoms with Gasteiger partial charge in [0.05, 0.1) is 12.7 Å². The summed E-state index contributed by atoms with van der Waals surface area (Å²) in [5.74, 6) is -0.283. The molecular weight excluding hydrogens is 188 g/mol. The van der Waals surface area contributed by atoms with Gasteiger partial charge in [-0.25, -0.2) is 0 Å². The van der Waals surface area contributed by atoms with Gasteiger partial charge in [-0.3, -0.25) is 4.79 Å². The average molecular weight is 202 g/mol. The highest BCUT2D eigenvalue weighted by Crippen LogP contribution is 2.09. The van der Waals surface area contributed by atoms with Crippen LogP contribution in [0.5, 0.6) is 0 Å². The minimum absolute atomic E-state index is 0.283. The molecule has 0 radical (unpaired) electrons. The van der Waals surface area contributed by atoms with Gasteiger partial charge in [0.25, 0.3) is 0 Å². The molecule has 0 aliphatic rings. The summed E-state index contributed by atoms with van der Waals surface area (Å²) in [6, 6.07) is 9.85. The maximum atomic E-state index is 11.1. The molecule has 2 nitrogen and oxygen atoms in total. The fourth-order valence-electron chi connectivity index (χ4n) is 1.25. The van der Waals surface area contributed by atoms with Crippen molar-refractivity contribution in [1.29, 1.82) is 0 Å². The number of esters is 1. The summed E-state index contributed by atoms with van der Waals surface area (Å²) >= 11 is 0. The molecule has 0 bridgehead atoms. The number of ether oxygens (including phenoxy) is 1. The van der Waals surface area contributed by atoms with E-state index in [4.69, 9.17) is 0 Å². The molecule has 1 rings (SSSR count). The van der Waals surface area contributed by atoms with E-state index in [2.05, 4.69) is 11.3 Å². The fraction of sp³-hybridized carbons (Fsp3) is 0.154. The van der Waals surface area contributed by atoms with Crippen molar-refractivity contribution in [2.75, 3.05) is 0 Å². The zero-order valence-corrected chi connectivity index (χ0v) is 8.77. The van der Waals surface area contributed by atoms with E-state index in [1.807, 2.05) is 43.3 Å². The summed E-state index contributed by atoms with van der Waals surface area (Å²) in [6.45, 7) is 5.23. The van der Waals surface area contributed by atoms with Gasteiger partial charge in [0.1, 0.15) is 0 Å². The van der Waals surface area contributed by atoms with Crippen molar-refractivity contribution in [1.82, 2.24) is 0 Å². The maximum Gasteiger partial charge on any atom is 0.314 e. The fourth-order valence-corrected chi connectivity index (χ4v) is 1.25. The van der Waals surface area contributed by atoms with Crippen LogP contribution in [0.1, 0.15) is 18.9 Å². The Bertz CT molecular complexity index is 363. The monoisotopic (exact) mass is 202 g/mol. The third kappa shape index (κ3) is 4.27. The lowest BCUT2D eigenvalue weighted by Gasteiger charge is -2.00. The molecule has 1 aromatic rings. The Balaban J connectivity index is 2.61. The second kappa shape index (κ2) is 5.81. The largest absolute Gasteiger partial charge is 0.435 e. The SMILES string of the molecule is C=COC(=O)CC(C)=Cc1ccccc1. The molecule has 0 atom stereocenters. The number of carbonyl (C=O) groups is 1. The summed E-state index contributed by atoms with van der Waals surface area (Å²) in [5.41, 5.74) is 2.05. The second-order valence-corrected chi connectivity index (χ2v) is 3.23. The Morgan fingerprint density at radius 3 is 2.67 bits per heavy atom. The number of rotatable bonds is 4. The maximum absolute atomic E-state index is 11.1. The molecule has 0 saturated heterocycles. The van der Waals surface area contributed by atoms with Crippen LogP contribution in [0.2, 0.25) is 0 Å². The Kier molecular flexibility index (Phi) is 4.35. The Hall–Kier alpha value is -1.83. The number of benzene rings is 1. The van der Waals surface area contributed by atoms with E-state index in [-0.39, 0.29) is 5.97 Å². The first-order valence-corrected chi connectivity index (χ1v) is 4.75. The zero-order chi connectivity index (χ0) is 11.1. The van der Waals surface area contributed by atoms with Gasteiger partial charge in [0, 0.05) is 0 Å². The normalized spacial score (nSPS) is 10.9. The molecule has 2 heteroatoms. The highest BCUT2D eigenvalue weighted by Gasteiger charge is 2.01. The van der Waals surface area contributed by atoms with Crippen LogP contribution in [0, 0.1) is 0 Å². The molecule has 0 heterocycles. The van der Waals surface area contributed by atoms with Crippen LogP contribution in [0.25, 0.3) is 6.08 Å². The molecule has 0 unspecified atom stereocenters. The minimum atomic E-state index is -0.283. The third-order valence-corrected chi connectivity index (χ3v) is 1.85. The highest BCUT2D eigenvalue weighted by molar-refractivity contribution is 5.74. The first-order chi connectivity index (χ1) is 7.22. The van der Waals surface area contributed by atoms with Crippen LogP contribution >= 0.6 is 0 Å². The van der Waals surface area contributed by atoms with Crippen molar-refractivity contribution in [2.45, 2.75) is 13.3 Å². The van der Waals surface area contributed by atoms with Gasteiger partial charge in [-0.2, -0.15) is 0 Å². The first-order valence-electron chi connectivity index (χ1n) is 4.75. The summed E-state index contributed by atoms with van der Waals surface area (Å²) in [5, 5.41) is 0. The van der Waals surface area contributed by atoms with E-state index < -0.39 is 0 Å². The molecular formula is C13H14O2. The molecule has 0 aliphatic carbocycles. The molecule has 1 aromatic carbocycles. The minimum Gasteiger partial charge on any atom is -0.435 e. The summed E-state index contributed by atoms with van der Waals surface area (Å²) in [7, 11) is 0. The molecule has 0 aromatic heterocycles. The standard InChI is InChI=1S/C13H14O2/c1-3-15-13(14)10-11(2)9-12-7-5-4-6-8-12/h3-9H,1,10H2,2H3. The number of carbonyl (C=O) groups excluding carboxylic acids is 1. The molecule has 0 aliphatic heterocycles. The molecule has 78 valence electrons. The zero-order valence-electron chi connectivity index (χ0n) is 8.77. The second-order valence-electron chi connectivity index (χ2n) is 3.23. The van der Waals surface area contributed by atoms with Crippen molar-refractivity contribution in [2.24, 2.45) is 0 Å².